The van der Waals surface area contributed by atoms with Gasteiger partial charge < -0.3 is 15.3 Å². The van der Waals surface area contributed by atoms with E-state index in [2.05, 4.69) is 52.0 Å². The molecule has 3 fully saturated rings. The Balaban J connectivity index is 1.44. The van der Waals surface area contributed by atoms with Crippen molar-refractivity contribution < 1.29 is 23.7 Å². The molecule has 7 atom stereocenters. The van der Waals surface area contributed by atoms with E-state index in [4.69, 9.17) is 0 Å². The Morgan fingerprint density at radius 2 is 1.75 bits per heavy atom. The average molecular weight is 628 g/mol. The number of nitrogens with one attached hydrogen (secondary N) is 1. The number of fused-ring (bicyclic) bond motifs is 1. The van der Waals surface area contributed by atoms with Crippen LogP contribution in [0.4, 0.5) is 0 Å². The summed E-state index contributed by atoms with van der Waals surface area (Å²) in [6.45, 7) is 19.0. The minimum Gasteiger partial charge on any atom is -0.391 e. The van der Waals surface area contributed by atoms with Crippen LogP contribution in [0.25, 0.3) is 0 Å². The van der Waals surface area contributed by atoms with Gasteiger partial charge in [0, 0.05) is 6.42 Å². The van der Waals surface area contributed by atoms with E-state index in [9.17, 15) is 23.7 Å². The Hall–Kier alpha value is -1.77. The zero-order valence-electron chi connectivity index (χ0n) is 28.1. The van der Waals surface area contributed by atoms with Crippen molar-refractivity contribution in [3.05, 3.63) is 65.3 Å². The van der Waals surface area contributed by atoms with Crippen molar-refractivity contribution in [1.29, 1.82) is 0 Å². The van der Waals surface area contributed by atoms with Crippen LogP contribution in [0.3, 0.4) is 0 Å². The first-order chi connectivity index (χ1) is 20.3. The molecule has 0 aliphatic heterocycles. The highest BCUT2D eigenvalue weighted by atomic mass is 32.2. The van der Waals surface area contributed by atoms with Crippen LogP contribution in [-0.4, -0.2) is 47.6 Å². The van der Waals surface area contributed by atoms with E-state index in [0.29, 0.717) is 23.3 Å². The molecule has 0 spiro atoms. The molecule has 0 aromatic heterocycles. The van der Waals surface area contributed by atoms with Gasteiger partial charge in [0.1, 0.15) is 0 Å². The van der Waals surface area contributed by atoms with E-state index >= 15 is 0 Å². The maximum Gasteiger partial charge on any atom is 0.241 e. The summed E-state index contributed by atoms with van der Waals surface area (Å²) in [5.74, 6) is 1.80. The Morgan fingerprint density at radius 3 is 2.36 bits per heavy atom. The lowest BCUT2D eigenvalue weighted by molar-refractivity contribution is 0.0537. The summed E-state index contributed by atoms with van der Waals surface area (Å²) in [5, 5.41) is 32.3. The predicted molar refractivity (Wildman–Crippen MR) is 179 cm³/mol. The number of hydrogen-bond donors (Lipinski definition) is 4. The number of allylic oxidation sites excluding steroid dienone is 3. The second-order valence-corrected chi connectivity index (χ2v) is 17.6. The lowest BCUT2D eigenvalue weighted by Gasteiger charge is -2.44. The van der Waals surface area contributed by atoms with Gasteiger partial charge in [0.25, 0.3) is 0 Å². The predicted octanol–water partition coefficient (Wildman–Crippen LogP) is 6.96. The molecule has 0 radical (unpaired) electrons. The van der Waals surface area contributed by atoms with Crippen LogP contribution in [0.5, 0.6) is 0 Å². The monoisotopic (exact) mass is 627 g/mol. The van der Waals surface area contributed by atoms with Crippen LogP contribution in [-0.2, 0) is 15.4 Å². The van der Waals surface area contributed by atoms with Gasteiger partial charge in [-0.3, -0.25) is 0 Å². The zero-order chi connectivity index (χ0) is 32.7. The number of hydrogen-bond acceptors (Lipinski definition) is 5. The molecule has 4 N–H and O–H groups in total. The topological polar surface area (TPSA) is 107 Å². The highest BCUT2D eigenvalue weighted by molar-refractivity contribution is 7.89. The van der Waals surface area contributed by atoms with Gasteiger partial charge in [0.15, 0.2) is 0 Å². The Kier molecular flexibility index (Phi) is 10.5. The molecule has 0 heterocycles. The quantitative estimate of drug-likeness (QED) is 0.237. The van der Waals surface area contributed by atoms with E-state index < -0.39 is 33.9 Å². The van der Waals surface area contributed by atoms with Gasteiger partial charge in [-0.1, -0.05) is 83.9 Å². The molecular weight excluding hydrogens is 570 g/mol. The van der Waals surface area contributed by atoms with Crippen LogP contribution >= 0.6 is 0 Å². The standard InChI is InChI=1S/C37H57NO5S/c1-24(11-9-21-36(6,7)41)30-19-20-31-26(12-10-22-37(30,31)8)13-14-27-23-32(39)33(34(40)25(27)2)38-44(42,43)29-17-15-28(16-18-29)35(3,4)5/h13-18,24,30-34,38-41H,2,9-12,19-23H2,1,3-8H3/b26-13+,27-14-/t24-,30-,31+,32-,33+,34-,37-/m1/s1. The number of aliphatic hydroxyl groups is 3. The van der Waals surface area contributed by atoms with Crippen molar-refractivity contribution in [2.45, 2.75) is 140 Å². The van der Waals surface area contributed by atoms with Crippen LogP contribution in [0.15, 0.2) is 64.6 Å². The average Bonchev–Trinajstić information content (AvgIpc) is 3.29. The minimum absolute atomic E-state index is 0.100. The van der Waals surface area contributed by atoms with Gasteiger partial charge in [-0.2, -0.15) is 0 Å². The van der Waals surface area contributed by atoms with Crippen molar-refractivity contribution in [2.75, 3.05) is 0 Å². The highest BCUT2D eigenvalue weighted by Crippen LogP contribution is 2.60. The van der Waals surface area contributed by atoms with Crippen LogP contribution in [0.1, 0.15) is 112 Å². The van der Waals surface area contributed by atoms with Gasteiger partial charge in [-0.15, -0.1) is 0 Å². The fourth-order valence-corrected chi connectivity index (χ4v) is 9.55. The summed E-state index contributed by atoms with van der Waals surface area (Å²) in [4.78, 5) is 0.100. The molecule has 0 bridgehead atoms. The summed E-state index contributed by atoms with van der Waals surface area (Å²) >= 11 is 0. The zero-order valence-corrected chi connectivity index (χ0v) is 28.9. The number of rotatable bonds is 9. The SMILES string of the molecule is C=C1/C(=C\C=C2/CCC[C@]3(C)[C@@H]([C@H](C)CCCC(C)(C)O)CC[C@@H]23)C[C@@H](O)[C@H](NS(=O)(=O)c2ccc(C(C)(C)C)cc2)[C@@H]1O. The van der Waals surface area contributed by atoms with Gasteiger partial charge in [0.2, 0.25) is 10.0 Å². The second-order valence-electron chi connectivity index (χ2n) is 15.9. The lowest BCUT2D eigenvalue weighted by Crippen LogP contribution is -2.54. The molecule has 3 saturated carbocycles. The molecule has 0 saturated heterocycles. The molecule has 1 aromatic rings. The first-order valence-electron chi connectivity index (χ1n) is 16.6. The van der Waals surface area contributed by atoms with Gasteiger partial charge in [-0.25, -0.2) is 13.1 Å². The third-order valence-electron chi connectivity index (χ3n) is 10.9. The Labute approximate surface area is 266 Å². The van der Waals surface area contributed by atoms with E-state index in [-0.39, 0.29) is 22.1 Å². The maximum absolute atomic E-state index is 13.2. The van der Waals surface area contributed by atoms with Crippen LogP contribution in [0, 0.1) is 23.2 Å². The van der Waals surface area contributed by atoms with Crippen molar-refractivity contribution in [3.63, 3.8) is 0 Å². The van der Waals surface area contributed by atoms with E-state index in [0.717, 1.165) is 43.2 Å². The normalized spacial score (nSPS) is 32.7. The number of benzene rings is 1. The molecule has 4 rings (SSSR count). The fraction of sp³-hybridized carbons (Fsp3) is 0.676. The van der Waals surface area contributed by atoms with E-state index in [1.54, 1.807) is 24.3 Å². The summed E-state index contributed by atoms with van der Waals surface area (Å²) in [6, 6.07) is 5.66. The Bertz CT molecular complexity index is 1350. The highest BCUT2D eigenvalue weighted by Gasteiger charge is 2.50. The molecule has 3 aliphatic rings. The first-order valence-corrected chi connectivity index (χ1v) is 18.1. The molecule has 44 heavy (non-hydrogen) atoms. The third kappa shape index (κ3) is 7.78. The smallest absolute Gasteiger partial charge is 0.241 e. The van der Waals surface area contributed by atoms with E-state index in [1.165, 1.54) is 24.8 Å². The molecular formula is C37H57NO5S. The summed E-state index contributed by atoms with van der Waals surface area (Å²) < 4.78 is 28.9. The van der Waals surface area contributed by atoms with E-state index in [1.807, 2.05) is 19.9 Å². The maximum atomic E-state index is 13.2. The second kappa shape index (κ2) is 13.2. The number of sulfonamides is 1. The minimum atomic E-state index is -3.96. The lowest BCUT2D eigenvalue weighted by atomic mass is 9.60. The summed E-state index contributed by atoms with van der Waals surface area (Å²) in [6.07, 6.45) is 11.0. The molecule has 3 aliphatic carbocycles. The van der Waals surface area contributed by atoms with Crippen molar-refractivity contribution in [1.82, 2.24) is 4.72 Å². The van der Waals surface area contributed by atoms with Gasteiger partial charge in [0.05, 0.1) is 28.7 Å². The molecule has 7 heteroatoms. The summed E-state index contributed by atoms with van der Waals surface area (Å²) in [7, 11) is -3.96. The fourth-order valence-electron chi connectivity index (χ4n) is 8.28. The van der Waals surface area contributed by atoms with Crippen molar-refractivity contribution in [2.24, 2.45) is 23.2 Å². The molecule has 6 nitrogen and oxygen atoms in total. The third-order valence-corrected chi connectivity index (χ3v) is 12.4. The van der Waals surface area contributed by atoms with Crippen molar-refractivity contribution in [3.8, 4) is 0 Å². The largest absolute Gasteiger partial charge is 0.391 e. The Morgan fingerprint density at radius 1 is 1.09 bits per heavy atom. The van der Waals surface area contributed by atoms with Crippen LogP contribution < -0.4 is 4.72 Å². The molecule has 0 amide bonds. The van der Waals surface area contributed by atoms with Gasteiger partial charge in [-0.05, 0) is 110 Å². The first kappa shape index (κ1) is 35.1. The van der Waals surface area contributed by atoms with Gasteiger partial charge >= 0.3 is 0 Å². The molecule has 246 valence electrons. The van der Waals surface area contributed by atoms with Crippen molar-refractivity contribution >= 4 is 10.0 Å². The summed E-state index contributed by atoms with van der Waals surface area (Å²) in [5.41, 5.74) is 3.23. The molecule has 1 aromatic carbocycles. The van der Waals surface area contributed by atoms with Crippen LogP contribution in [0.2, 0.25) is 0 Å². The molecule has 0 unspecified atom stereocenters. The number of aliphatic hydroxyl groups excluding tert-OH is 2.